The average Bonchev–Trinajstić information content (AvgIpc) is 3.01. The summed E-state index contributed by atoms with van der Waals surface area (Å²) in [7, 11) is 0. The Labute approximate surface area is 135 Å². The quantitative estimate of drug-likeness (QED) is 0.820. The Hall–Kier alpha value is -2.63. The van der Waals surface area contributed by atoms with E-state index in [9.17, 15) is 14.7 Å². The summed E-state index contributed by atoms with van der Waals surface area (Å²) >= 11 is 0. The number of nitrogens with zero attached hydrogens (tertiary/aromatic N) is 2. The summed E-state index contributed by atoms with van der Waals surface area (Å²) in [5.74, 6) is -1.59. The van der Waals surface area contributed by atoms with Crippen molar-refractivity contribution in [3.05, 3.63) is 53.9 Å². The van der Waals surface area contributed by atoms with Crippen LogP contribution in [-0.4, -0.2) is 32.8 Å². The molecule has 0 aliphatic rings. The smallest absolute Gasteiger partial charge is 0.326 e. The summed E-state index contributed by atoms with van der Waals surface area (Å²) in [5.41, 5.74) is 1.43. The zero-order valence-corrected chi connectivity index (χ0v) is 13.3. The van der Waals surface area contributed by atoms with Crippen molar-refractivity contribution in [3.8, 4) is 0 Å². The number of aromatic nitrogens is 2. The largest absolute Gasteiger partial charge is 0.480 e. The Bertz CT molecular complexity index is 667. The molecule has 1 aromatic heterocycles. The number of rotatable bonds is 7. The molecule has 122 valence electrons. The van der Waals surface area contributed by atoms with E-state index in [0.717, 1.165) is 5.56 Å². The minimum absolute atomic E-state index is 0.143. The fourth-order valence-corrected chi connectivity index (χ4v) is 2.25. The maximum atomic E-state index is 12.2. The Kier molecular flexibility index (Phi) is 5.51. The highest BCUT2D eigenvalue weighted by molar-refractivity contribution is 5.96. The molecule has 2 unspecified atom stereocenters. The lowest BCUT2D eigenvalue weighted by molar-refractivity contribution is -0.140. The lowest BCUT2D eigenvalue weighted by atomic mass is 9.99. The summed E-state index contributed by atoms with van der Waals surface area (Å²) < 4.78 is 1.66. The van der Waals surface area contributed by atoms with Crippen molar-refractivity contribution < 1.29 is 14.7 Å². The predicted molar refractivity (Wildman–Crippen MR) is 86.1 cm³/mol. The van der Waals surface area contributed by atoms with E-state index in [-0.39, 0.29) is 5.92 Å². The van der Waals surface area contributed by atoms with E-state index < -0.39 is 17.9 Å². The molecule has 0 fully saturated rings. The number of carbonyl (C=O) groups is 2. The van der Waals surface area contributed by atoms with E-state index in [4.69, 9.17) is 0 Å². The number of carboxylic acids is 1. The lowest BCUT2D eigenvalue weighted by Gasteiger charge is -2.19. The van der Waals surface area contributed by atoms with Crippen LogP contribution in [0.15, 0.2) is 42.7 Å². The Morgan fingerprint density at radius 3 is 2.61 bits per heavy atom. The van der Waals surface area contributed by atoms with Gasteiger partial charge in [-0.15, -0.1) is 0 Å². The van der Waals surface area contributed by atoms with Crippen LogP contribution in [-0.2, 0) is 11.3 Å². The molecule has 0 spiro atoms. The molecule has 0 aliphatic heterocycles. The van der Waals surface area contributed by atoms with Gasteiger partial charge in [-0.1, -0.05) is 50.6 Å². The second-order valence-corrected chi connectivity index (χ2v) is 5.59. The van der Waals surface area contributed by atoms with Crippen LogP contribution < -0.4 is 5.32 Å². The second kappa shape index (κ2) is 7.58. The third kappa shape index (κ3) is 4.42. The lowest BCUT2D eigenvalue weighted by Crippen LogP contribution is -2.44. The third-order valence-corrected chi connectivity index (χ3v) is 3.85. The van der Waals surface area contributed by atoms with Gasteiger partial charge in [0.15, 0.2) is 0 Å². The molecule has 0 bridgehead atoms. The van der Waals surface area contributed by atoms with Crippen LogP contribution in [0.3, 0.4) is 0 Å². The van der Waals surface area contributed by atoms with Gasteiger partial charge in [-0.2, -0.15) is 5.10 Å². The van der Waals surface area contributed by atoms with Gasteiger partial charge in [-0.25, -0.2) is 4.79 Å². The van der Waals surface area contributed by atoms with Gasteiger partial charge in [0.2, 0.25) is 0 Å². The highest BCUT2D eigenvalue weighted by Crippen LogP contribution is 2.10. The van der Waals surface area contributed by atoms with Gasteiger partial charge in [0.05, 0.1) is 18.3 Å². The van der Waals surface area contributed by atoms with Crippen molar-refractivity contribution in [2.45, 2.75) is 32.9 Å². The standard InChI is InChI=1S/C17H21N3O3/c1-3-12(2)15(17(22)23)19-16(21)14-9-18-20(11-14)10-13-7-5-4-6-8-13/h4-9,11-12,15H,3,10H2,1-2H3,(H,19,21)(H,22,23). The molecule has 6 nitrogen and oxygen atoms in total. The van der Waals surface area contributed by atoms with Gasteiger partial charge in [0, 0.05) is 6.20 Å². The topological polar surface area (TPSA) is 84.2 Å². The molecule has 1 aromatic carbocycles. The fourth-order valence-electron chi connectivity index (χ4n) is 2.25. The summed E-state index contributed by atoms with van der Waals surface area (Å²) in [5, 5.41) is 16.0. The average molecular weight is 315 g/mol. The summed E-state index contributed by atoms with van der Waals surface area (Å²) in [6.45, 7) is 4.25. The van der Waals surface area contributed by atoms with Crippen LogP contribution in [0.25, 0.3) is 0 Å². The van der Waals surface area contributed by atoms with Crippen molar-refractivity contribution in [1.82, 2.24) is 15.1 Å². The van der Waals surface area contributed by atoms with Crippen molar-refractivity contribution in [1.29, 1.82) is 0 Å². The van der Waals surface area contributed by atoms with Crippen molar-refractivity contribution in [2.24, 2.45) is 5.92 Å². The molecule has 0 aliphatic carbocycles. The van der Waals surface area contributed by atoms with Crippen molar-refractivity contribution >= 4 is 11.9 Å². The zero-order valence-electron chi connectivity index (χ0n) is 13.3. The summed E-state index contributed by atoms with van der Waals surface area (Å²) in [4.78, 5) is 23.5. The Morgan fingerprint density at radius 2 is 2.00 bits per heavy atom. The molecule has 2 aromatic rings. The van der Waals surface area contributed by atoms with E-state index in [1.807, 2.05) is 37.3 Å². The molecule has 2 N–H and O–H groups in total. The minimum Gasteiger partial charge on any atom is -0.480 e. The fraction of sp³-hybridized carbons (Fsp3) is 0.353. The zero-order chi connectivity index (χ0) is 16.8. The molecule has 0 saturated heterocycles. The first kappa shape index (κ1) is 16.7. The van der Waals surface area contributed by atoms with E-state index in [1.54, 1.807) is 17.8 Å². The molecule has 2 rings (SSSR count). The molecule has 0 saturated carbocycles. The second-order valence-electron chi connectivity index (χ2n) is 5.59. The van der Waals surface area contributed by atoms with Crippen molar-refractivity contribution in [3.63, 3.8) is 0 Å². The number of amides is 1. The third-order valence-electron chi connectivity index (χ3n) is 3.85. The van der Waals surface area contributed by atoms with Crippen LogP contribution in [0, 0.1) is 5.92 Å². The summed E-state index contributed by atoms with van der Waals surface area (Å²) in [6, 6.07) is 8.87. The number of carbonyl (C=O) groups excluding carboxylic acids is 1. The van der Waals surface area contributed by atoms with Crippen LogP contribution >= 0.6 is 0 Å². The van der Waals surface area contributed by atoms with E-state index >= 15 is 0 Å². The molecule has 6 heteroatoms. The first-order chi connectivity index (χ1) is 11.0. The molecule has 1 amide bonds. The highest BCUT2D eigenvalue weighted by atomic mass is 16.4. The molecular weight excluding hydrogens is 294 g/mol. The van der Waals surface area contributed by atoms with Gasteiger partial charge in [-0.3, -0.25) is 9.48 Å². The monoisotopic (exact) mass is 315 g/mol. The SMILES string of the molecule is CCC(C)C(NC(=O)c1cnn(Cc2ccccc2)c1)C(=O)O. The first-order valence-corrected chi connectivity index (χ1v) is 7.61. The minimum atomic E-state index is -1.02. The van der Waals surface area contributed by atoms with Crippen LogP contribution in [0.2, 0.25) is 0 Å². The van der Waals surface area contributed by atoms with E-state index in [0.29, 0.717) is 18.5 Å². The molecule has 23 heavy (non-hydrogen) atoms. The Morgan fingerprint density at radius 1 is 1.30 bits per heavy atom. The van der Waals surface area contributed by atoms with Gasteiger partial charge >= 0.3 is 5.97 Å². The van der Waals surface area contributed by atoms with Crippen LogP contribution in [0.1, 0.15) is 36.2 Å². The normalized spacial score (nSPS) is 13.3. The van der Waals surface area contributed by atoms with E-state index in [1.165, 1.54) is 6.20 Å². The van der Waals surface area contributed by atoms with Gasteiger partial charge in [0.1, 0.15) is 6.04 Å². The van der Waals surface area contributed by atoms with Crippen LogP contribution in [0.5, 0.6) is 0 Å². The summed E-state index contributed by atoms with van der Waals surface area (Å²) in [6.07, 6.45) is 3.75. The number of hydrogen-bond donors (Lipinski definition) is 2. The molecular formula is C17H21N3O3. The van der Waals surface area contributed by atoms with Gasteiger partial charge < -0.3 is 10.4 Å². The number of carboxylic acid groups (broad SMARTS) is 1. The van der Waals surface area contributed by atoms with Crippen LogP contribution in [0.4, 0.5) is 0 Å². The maximum absolute atomic E-state index is 12.2. The number of aliphatic carboxylic acids is 1. The maximum Gasteiger partial charge on any atom is 0.326 e. The van der Waals surface area contributed by atoms with Gasteiger partial charge in [0.25, 0.3) is 5.91 Å². The van der Waals surface area contributed by atoms with E-state index in [2.05, 4.69) is 10.4 Å². The first-order valence-electron chi connectivity index (χ1n) is 7.61. The highest BCUT2D eigenvalue weighted by Gasteiger charge is 2.26. The predicted octanol–water partition coefficient (Wildman–Crippen LogP) is 2.16. The van der Waals surface area contributed by atoms with Crippen molar-refractivity contribution in [2.75, 3.05) is 0 Å². The molecule has 2 atom stereocenters. The van der Waals surface area contributed by atoms with Gasteiger partial charge in [-0.05, 0) is 11.5 Å². The number of nitrogens with one attached hydrogen (secondary N) is 1. The number of benzene rings is 1. The number of hydrogen-bond acceptors (Lipinski definition) is 3. The Balaban J connectivity index is 2.04. The molecule has 1 heterocycles. The molecule has 0 radical (unpaired) electrons.